The van der Waals surface area contributed by atoms with E-state index in [-0.39, 0.29) is 35.3 Å². The van der Waals surface area contributed by atoms with Gasteiger partial charge in [-0.1, -0.05) is 12.1 Å². The Hall–Kier alpha value is -4.29. The minimum atomic E-state index is -4.13. The van der Waals surface area contributed by atoms with Crippen LogP contribution in [0.15, 0.2) is 59.5 Å². The smallest absolute Gasteiger partial charge is 0.257 e. The molecule has 0 fully saturated rings. The van der Waals surface area contributed by atoms with Gasteiger partial charge in [0.25, 0.3) is 11.8 Å². The molecule has 0 spiro atoms. The van der Waals surface area contributed by atoms with Crippen molar-refractivity contribution in [3.8, 4) is 23.0 Å². The molecule has 2 N–H and O–H groups in total. The van der Waals surface area contributed by atoms with Crippen molar-refractivity contribution in [3.05, 3.63) is 76.9 Å². The maximum atomic E-state index is 14.3. The Morgan fingerprint density at radius 3 is 2.62 bits per heavy atom. The molecule has 12 heteroatoms. The van der Waals surface area contributed by atoms with Crippen LogP contribution < -0.4 is 29.6 Å². The number of carbonyl (C=O) groups excluding carboxylic acids is 2. The topological polar surface area (TPSA) is 133 Å². The molecule has 3 aromatic carbocycles. The second kappa shape index (κ2) is 12.3. The first-order valence-electron chi connectivity index (χ1n) is 13.5. The highest BCUT2D eigenvalue weighted by molar-refractivity contribution is 7.89. The molecule has 2 amide bonds. The van der Waals surface area contributed by atoms with E-state index in [0.717, 1.165) is 5.56 Å². The van der Waals surface area contributed by atoms with Gasteiger partial charge in [0, 0.05) is 20.1 Å². The molecule has 6 rings (SSSR count). The third-order valence-electron chi connectivity index (χ3n) is 7.30. The number of nitrogens with zero attached hydrogens (tertiary/aromatic N) is 1. The second-order valence-corrected chi connectivity index (χ2v) is 11.7. The first-order valence-corrected chi connectivity index (χ1v) is 15.0. The van der Waals surface area contributed by atoms with Gasteiger partial charge in [-0.05, 0) is 72.0 Å². The molecule has 42 heavy (non-hydrogen) atoms. The summed E-state index contributed by atoms with van der Waals surface area (Å²) < 4.78 is 52.8. The summed E-state index contributed by atoms with van der Waals surface area (Å²) in [4.78, 5) is 24.9. The van der Waals surface area contributed by atoms with Crippen LogP contribution in [0.1, 0.15) is 39.5 Å². The molecule has 0 aromatic heterocycles. The Bertz CT molecular complexity index is 1610. The number of ether oxygens (including phenoxy) is 4. The normalized spacial score (nSPS) is 17.4. The van der Waals surface area contributed by atoms with E-state index in [2.05, 4.69) is 10.6 Å². The van der Waals surface area contributed by atoms with Gasteiger partial charge in [0.1, 0.15) is 11.5 Å². The van der Waals surface area contributed by atoms with Gasteiger partial charge >= 0.3 is 0 Å². The van der Waals surface area contributed by atoms with Crippen LogP contribution in [0, 0.1) is 0 Å². The fraction of sp³-hybridized carbons (Fsp3) is 0.333. The van der Waals surface area contributed by atoms with Gasteiger partial charge in [-0.15, -0.1) is 0 Å². The van der Waals surface area contributed by atoms with Gasteiger partial charge in [0.2, 0.25) is 10.0 Å². The Kier molecular flexibility index (Phi) is 8.55. The standard InChI is InChI=1S/C30H33N3O8S/c1-31-30(35)24-16-22(8-9-25(24)38-2)42(36,37)33-12-10-19-15-27-26(39-3)17-23(19)29(33)20-6-4-7-21(14-20)40-13-5-11-32-28(34)18-41-27/h4,6-9,14-17,29H,5,10-13,18H2,1-3H3,(H,31,35)(H,32,34). The lowest BCUT2D eigenvalue weighted by Gasteiger charge is -2.37. The lowest BCUT2D eigenvalue weighted by atomic mass is 9.89. The van der Waals surface area contributed by atoms with Gasteiger partial charge in [-0.2, -0.15) is 4.31 Å². The van der Waals surface area contributed by atoms with Crippen molar-refractivity contribution in [1.29, 1.82) is 0 Å². The molecule has 0 radical (unpaired) electrons. The maximum Gasteiger partial charge on any atom is 0.257 e. The summed E-state index contributed by atoms with van der Waals surface area (Å²) >= 11 is 0. The molecule has 0 aliphatic carbocycles. The van der Waals surface area contributed by atoms with Gasteiger partial charge in [-0.3, -0.25) is 9.59 Å². The molecule has 6 bridgehead atoms. The largest absolute Gasteiger partial charge is 0.496 e. The summed E-state index contributed by atoms with van der Waals surface area (Å²) in [5.74, 6) is 0.877. The van der Waals surface area contributed by atoms with E-state index in [4.69, 9.17) is 18.9 Å². The van der Waals surface area contributed by atoms with Gasteiger partial charge in [0.15, 0.2) is 18.1 Å². The monoisotopic (exact) mass is 595 g/mol. The van der Waals surface area contributed by atoms with Crippen LogP contribution in [-0.2, 0) is 21.2 Å². The summed E-state index contributed by atoms with van der Waals surface area (Å²) in [6, 6.07) is 14.4. The number of methoxy groups -OCH3 is 2. The van der Waals surface area contributed by atoms with E-state index >= 15 is 0 Å². The Balaban J connectivity index is 1.67. The molecule has 222 valence electrons. The number of hydrogen-bond donors (Lipinski definition) is 2. The minimum absolute atomic E-state index is 0.0390. The van der Waals surface area contributed by atoms with Crippen LogP contribution >= 0.6 is 0 Å². The van der Waals surface area contributed by atoms with E-state index in [1.54, 1.807) is 6.07 Å². The summed E-state index contributed by atoms with van der Waals surface area (Å²) in [6.07, 6.45) is 0.957. The molecular weight excluding hydrogens is 562 g/mol. The summed E-state index contributed by atoms with van der Waals surface area (Å²) in [5.41, 5.74) is 2.39. The number of benzene rings is 3. The lowest BCUT2D eigenvalue weighted by molar-refractivity contribution is -0.123. The number of nitrogens with one attached hydrogen (secondary N) is 2. The van der Waals surface area contributed by atoms with Gasteiger partial charge in [-0.25, -0.2) is 8.42 Å². The van der Waals surface area contributed by atoms with Crippen LogP contribution in [0.25, 0.3) is 0 Å². The van der Waals surface area contributed by atoms with Crippen molar-refractivity contribution in [2.45, 2.75) is 23.8 Å². The zero-order valence-corrected chi connectivity index (χ0v) is 24.5. The van der Waals surface area contributed by atoms with Crippen molar-refractivity contribution in [3.63, 3.8) is 0 Å². The molecule has 11 nitrogen and oxygen atoms in total. The average Bonchev–Trinajstić information content (AvgIpc) is 3.01. The molecule has 1 atom stereocenters. The predicted octanol–water partition coefficient (Wildman–Crippen LogP) is 2.68. The number of carbonyl (C=O) groups is 2. The highest BCUT2D eigenvalue weighted by Gasteiger charge is 2.39. The first kappa shape index (κ1) is 29.2. The van der Waals surface area contributed by atoms with Gasteiger partial charge < -0.3 is 29.6 Å². The van der Waals surface area contributed by atoms with Crippen molar-refractivity contribution >= 4 is 21.8 Å². The van der Waals surface area contributed by atoms with Gasteiger partial charge in [0.05, 0.1) is 37.3 Å². The third-order valence-corrected chi connectivity index (χ3v) is 9.16. The third kappa shape index (κ3) is 5.72. The number of rotatable bonds is 5. The number of amides is 2. The van der Waals surface area contributed by atoms with Crippen LogP contribution in [0.4, 0.5) is 0 Å². The van der Waals surface area contributed by atoms with Crippen LogP contribution in [0.3, 0.4) is 0 Å². The fourth-order valence-corrected chi connectivity index (χ4v) is 6.86. The molecule has 3 heterocycles. The van der Waals surface area contributed by atoms with Crippen LogP contribution in [0.2, 0.25) is 0 Å². The number of fused-ring (bicyclic) bond motifs is 8. The average molecular weight is 596 g/mol. The SMILES string of the molecule is CNC(=O)c1cc(S(=O)(=O)N2CCc3cc4c(OC)cc3C2c2cccc(c2)OCCCNC(=O)CO4)ccc1OC. The molecule has 3 aromatic rings. The van der Waals surface area contributed by atoms with E-state index < -0.39 is 22.0 Å². The molecular formula is C30H33N3O8S. The molecule has 0 saturated carbocycles. The lowest BCUT2D eigenvalue weighted by Crippen LogP contribution is -2.40. The second-order valence-electron chi connectivity index (χ2n) is 9.82. The maximum absolute atomic E-state index is 14.3. The molecule has 1 unspecified atom stereocenters. The summed E-state index contributed by atoms with van der Waals surface area (Å²) in [7, 11) is 0.249. The highest BCUT2D eigenvalue weighted by atomic mass is 32.2. The highest BCUT2D eigenvalue weighted by Crippen LogP contribution is 2.44. The molecule has 0 saturated heterocycles. The quantitative estimate of drug-likeness (QED) is 0.460. The van der Waals surface area contributed by atoms with E-state index in [1.165, 1.54) is 43.8 Å². The minimum Gasteiger partial charge on any atom is -0.496 e. The number of sulfonamides is 1. The molecule has 3 aliphatic rings. The Morgan fingerprint density at radius 2 is 1.86 bits per heavy atom. The van der Waals surface area contributed by atoms with Crippen LogP contribution in [0.5, 0.6) is 23.0 Å². The summed E-state index contributed by atoms with van der Waals surface area (Å²) in [6.45, 7) is 0.735. The van der Waals surface area contributed by atoms with E-state index in [1.807, 2.05) is 30.3 Å². The van der Waals surface area contributed by atoms with Crippen molar-refractivity contribution in [2.24, 2.45) is 0 Å². The molecule has 3 aliphatic heterocycles. The van der Waals surface area contributed by atoms with E-state index in [9.17, 15) is 18.0 Å². The Morgan fingerprint density at radius 1 is 1.05 bits per heavy atom. The van der Waals surface area contributed by atoms with Crippen LogP contribution in [-0.4, -0.2) is 72.1 Å². The zero-order valence-electron chi connectivity index (χ0n) is 23.6. The predicted molar refractivity (Wildman–Crippen MR) is 154 cm³/mol. The van der Waals surface area contributed by atoms with Crippen molar-refractivity contribution in [2.75, 3.05) is 47.6 Å². The number of hydrogen-bond acceptors (Lipinski definition) is 8. The zero-order chi connectivity index (χ0) is 29.9. The Labute approximate surface area is 244 Å². The van der Waals surface area contributed by atoms with E-state index in [0.29, 0.717) is 54.4 Å². The summed E-state index contributed by atoms with van der Waals surface area (Å²) in [5, 5.41) is 5.35. The van der Waals surface area contributed by atoms with Crippen molar-refractivity contribution in [1.82, 2.24) is 14.9 Å². The fourth-order valence-electron chi connectivity index (χ4n) is 5.23. The first-order chi connectivity index (χ1) is 20.3. The van der Waals surface area contributed by atoms with Crippen molar-refractivity contribution < 1.29 is 37.0 Å².